The number of aromatic hydroxyl groups is 2. The first-order valence-corrected chi connectivity index (χ1v) is 29.3. The molecule has 0 bridgehead atoms. The molecule has 0 saturated carbocycles. The molecule has 2 N–H and O–H groups in total. The molecule has 0 amide bonds. The summed E-state index contributed by atoms with van der Waals surface area (Å²) in [5, 5.41) is 27.4. The molecule has 8 rings (SSSR count). The van der Waals surface area contributed by atoms with E-state index in [2.05, 4.69) is 249 Å². The number of aryl methyl sites for hydroxylation is 4. The van der Waals surface area contributed by atoms with Crippen molar-refractivity contribution in [3.8, 4) is 11.5 Å². The molecule has 80 heavy (non-hydrogen) atoms. The van der Waals surface area contributed by atoms with Gasteiger partial charge in [-0.1, -0.05) is 225 Å². The molecule has 6 aromatic carbocycles. The van der Waals surface area contributed by atoms with Crippen LogP contribution in [0.5, 0.6) is 11.5 Å². The summed E-state index contributed by atoms with van der Waals surface area (Å²) in [4.78, 5) is 4.82. The van der Waals surface area contributed by atoms with Gasteiger partial charge >= 0.3 is 0 Å². The van der Waals surface area contributed by atoms with E-state index in [0.29, 0.717) is 11.5 Å². The summed E-state index contributed by atoms with van der Waals surface area (Å²) in [6.45, 7) is 31.4. The largest absolute Gasteiger partial charge is 0.508 e. The lowest BCUT2D eigenvalue weighted by Crippen LogP contribution is -2.28. The lowest BCUT2D eigenvalue weighted by Gasteiger charge is -2.35. The molecule has 0 fully saturated rings. The summed E-state index contributed by atoms with van der Waals surface area (Å²) in [5.41, 5.74) is 15.3. The minimum absolute atomic E-state index is 0.0380. The lowest BCUT2D eigenvalue weighted by molar-refractivity contribution is 0.426. The predicted molar refractivity (Wildman–Crippen MR) is 347 cm³/mol. The van der Waals surface area contributed by atoms with Gasteiger partial charge in [-0.3, -0.25) is 0 Å². The molecule has 2 atom stereocenters. The van der Waals surface area contributed by atoms with Crippen molar-refractivity contribution in [3.63, 3.8) is 0 Å². The topological polar surface area (TPSA) is 46.9 Å². The van der Waals surface area contributed by atoms with E-state index in [0.717, 1.165) is 95.9 Å². The monoisotopic (exact) mass is 1060 g/mol. The zero-order valence-electron chi connectivity index (χ0n) is 50.2. The normalized spacial score (nSPS) is 17.7. The van der Waals surface area contributed by atoms with E-state index in [9.17, 15) is 10.2 Å². The second-order valence-electron chi connectivity index (χ2n) is 23.3. The third-order valence-electron chi connectivity index (χ3n) is 18.9. The van der Waals surface area contributed by atoms with Crippen molar-refractivity contribution in [1.29, 1.82) is 0 Å². The highest BCUT2D eigenvalue weighted by Crippen LogP contribution is 2.55. The van der Waals surface area contributed by atoms with E-state index in [1.54, 1.807) is 0 Å². The zero-order chi connectivity index (χ0) is 57.6. The summed E-state index contributed by atoms with van der Waals surface area (Å²) < 4.78 is 0. The Kier molecular flexibility index (Phi) is 17.9. The van der Waals surface area contributed by atoms with E-state index < -0.39 is 10.8 Å². The lowest BCUT2D eigenvalue weighted by atomic mass is 9.68. The number of rotatable bonds is 21. The van der Waals surface area contributed by atoms with E-state index in [1.165, 1.54) is 55.4 Å². The maximum Gasteiger partial charge on any atom is 0.118 e. The van der Waals surface area contributed by atoms with Crippen LogP contribution < -0.4 is 9.80 Å². The third-order valence-corrected chi connectivity index (χ3v) is 18.9. The number of allylic oxidation sites excluding steroid dienone is 18. The summed E-state index contributed by atoms with van der Waals surface area (Å²) in [7, 11) is 4.43. The van der Waals surface area contributed by atoms with Crippen molar-refractivity contribution < 1.29 is 10.2 Å². The maximum atomic E-state index is 11.1. The molecule has 0 spiro atoms. The van der Waals surface area contributed by atoms with Gasteiger partial charge < -0.3 is 20.0 Å². The highest BCUT2D eigenvalue weighted by atomic mass is 16.3. The SMILES string of the molecule is C=C(C=CC=CC=CC=C1N(C)c2c(ccc3ccccc23)C1(CC)CC)C(C)(CCCCC(C)(C(=C)C=CC=CC=CC=C1N(C)c2c(ccc3ccccc23)C1(CC)CC)c1cc(O)c(C)cc1C)c1cc(O)c(C)cc1C. The maximum absolute atomic E-state index is 11.1. The quantitative estimate of drug-likeness (QED) is 0.0557. The molecule has 0 radical (unpaired) electrons. The molecule has 0 aromatic heterocycles. The van der Waals surface area contributed by atoms with Gasteiger partial charge in [0, 0.05) is 57.9 Å². The number of nitrogens with zero attached hydrogens (tertiary/aromatic N) is 2. The molecule has 2 heterocycles. The standard InChI is InChI=1S/C76H88N2O2/c1-15-75(16-2)63-45-43-59-37-29-31-39-61(59)71(63)77(13)69(75)41-27-23-19-21-25-35-57(9)73(11,65-51-67(79)55(7)49-53(65)5)47-33-34-48-74(12,66-52-68(80)56(8)50-54(66)6)58(10)36-26-22-20-24-28-42-70-76(17-3,18-4)64-46-44-60-38-30-32-40-62(60)72(64)78(70)14/h19-32,35-46,49-52,79-80H,9-10,15-18,33-34,47-48H2,1-8,11-14H3. The first-order valence-electron chi connectivity index (χ1n) is 29.3. The number of phenolic OH excluding ortho intramolecular Hbond substituents is 2. The number of anilines is 2. The predicted octanol–water partition coefficient (Wildman–Crippen LogP) is 20.0. The number of phenols is 2. The van der Waals surface area contributed by atoms with Crippen LogP contribution in [0.25, 0.3) is 21.5 Å². The number of hydrogen-bond acceptors (Lipinski definition) is 4. The third kappa shape index (κ3) is 10.8. The van der Waals surface area contributed by atoms with Crippen molar-refractivity contribution in [2.75, 3.05) is 23.9 Å². The second kappa shape index (κ2) is 24.4. The summed E-state index contributed by atoms with van der Waals surface area (Å²) in [5.74, 6) is 0.602. The molecular formula is C76H88N2O2. The average Bonchev–Trinajstić information content (AvgIpc) is 4.02. The molecule has 2 unspecified atom stereocenters. The van der Waals surface area contributed by atoms with Crippen LogP contribution in [-0.2, 0) is 21.7 Å². The highest BCUT2D eigenvalue weighted by Gasteiger charge is 2.45. The van der Waals surface area contributed by atoms with Crippen LogP contribution in [0.3, 0.4) is 0 Å². The molecule has 2 aliphatic rings. The first-order chi connectivity index (χ1) is 38.4. The van der Waals surface area contributed by atoms with Crippen molar-refractivity contribution in [2.24, 2.45) is 0 Å². The van der Waals surface area contributed by atoms with Crippen molar-refractivity contribution in [2.45, 2.75) is 142 Å². The molecule has 4 heteroatoms. The van der Waals surface area contributed by atoms with Gasteiger partial charge in [-0.25, -0.2) is 0 Å². The minimum Gasteiger partial charge on any atom is -0.508 e. The number of unbranched alkanes of at least 4 members (excludes halogenated alkanes) is 1. The fourth-order valence-electron chi connectivity index (χ4n) is 13.8. The van der Waals surface area contributed by atoms with E-state index >= 15 is 0 Å². The van der Waals surface area contributed by atoms with Gasteiger partial charge in [0.2, 0.25) is 0 Å². The fourth-order valence-corrected chi connectivity index (χ4v) is 13.8. The van der Waals surface area contributed by atoms with E-state index in [-0.39, 0.29) is 10.8 Å². The van der Waals surface area contributed by atoms with Crippen LogP contribution in [0.15, 0.2) is 218 Å². The Morgan fingerprint density at radius 2 is 0.825 bits per heavy atom. The van der Waals surface area contributed by atoms with Gasteiger partial charge in [-0.05, 0) is 157 Å². The number of likely N-dealkylation sites (N-methyl/N-ethyl adjacent to an activating group) is 2. The van der Waals surface area contributed by atoms with Gasteiger partial charge in [-0.15, -0.1) is 0 Å². The number of hydrogen-bond donors (Lipinski definition) is 2. The van der Waals surface area contributed by atoms with Gasteiger partial charge in [0.25, 0.3) is 0 Å². The van der Waals surface area contributed by atoms with E-state index in [4.69, 9.17) is 13.2 Å². The van der Waals surface area contributed by atoms with Crippen molar-refractivity contribution in [3.05, 3.63) is 262 Å². The van der Waals surface area contributed by atoms with Gasteiger partial charge in [0.05, 0.1) is 11.4 Å². The zero-order valence-corrected chi connectivity index (χ0v) is 50.2. The Balaban J connectivity index is 0.973. The molecule has 2 aliphatic heterocycles. The molecule has 414 valence electrons. The van der Waals surface area contributed by atoms with Crippen LogP contribution in [0, 0.1) is 27.7 Å². The Bertz CT molecular complexity index is 3330. The molecule has 6 aromatic rings. The highest BCUT2D eigenvalue weighted by molar-refractivity contribution is 6.00. The van der Waals surface area contributed by atoms with Gasteiger partial charge in [-0.2, -0.15) is 0 Å². The summed E-state index contributed by atoms with van der Waals surface area (Å²) in [6, 6.07) is 34.8. The first kappa shape index (κ1) is 58.6. The minimum atomic E-state index is -0.449. The van der Waals surface area contributed by atoms with Crippen LogP contribution in [-0.4, -0.2) is 24.3 Å². The van der Waals surface area contributed by atoms with Crippen LogP contribution in [0.1, 0.15) is 137 Å². The van der Waals surface area contributed by atoms with Crippen molar-refractivity contribution >= 4 is 32.9 Å². The number of benzene rings is 6. The Labute approximate surface area is 480 Å². The molecule has 0 saturated heterocycles. The second-order valence-corrected chi connectivity index (χ2v) is 23.3. The Hall–Kier alpha value is -7.56. The van der Waals surface area contributed by atoms with Gasteiger partial charge in [0.1, 0.15) is 11.5 Å². The van der Waals surface area contributed by atoms with Crippen LogP contribution in [0.2, 0.25) is 0 Å². The van der Waals surface area contributed by atoms with E-state index in [1.807, 2.05) is 26.0 Å². The van der Waals surface area contributed by atoms with Crippen LogP contribution >= 0.6 is 0 Å². The van der Waals surface area contributed by atoms with Gasteiger partial charge in [0.15, 0.2) is 0 Å². The smallest absolute Gasteiger partial charge is 0.118 e. The molecule has 0 aliphatic carbocycles. The summed E-state index contributed by atoms with van der Waals surface area (Å²) >= 11 is 0. The number of fused-ring (bicyclic) bond motifs is 6. The average molecular weight is 1060 g/mol. The summed E-state index contributed by atoms with van der Waals surface area (Å²) in [6.07, 6.45) is 37.6. The molecular weight excluding hydrogens is 973 g/mol. The fraction of sp³-hybridized carbons (Fsp3) is 0.316. The Morgan fingerprint density at radius 1 is 0.475 bits per heavy atom. The molecule has 4 nitrogen and oxygen atoms in total. The van der Waals surface area contributed by atoms with Crippen molar-refractivity contribution in [1.82, 2.24) is 0 Å². The van der Waals surface area contributed by atoms with Crippen LogP contribution in [0.4, 0.5) is 11.4 Å². The Morgan fingerprint density at radius 3 is 1.20 bits per heavy atom.